The SMILES string of the molecule is CC(C1CCCCO1)N1CCNC1=O. The third-order valence-corrected chi connectivity index (χ3v) is 3.13. The first-order valence-corrected chi connectivity index (χ1v) is 5.45. The third kappa shape index (κ3) is 1.85. The van der Waals surface area contributed by atoms with Crippen LogP contribution in [0.1, 0.15) is 26.2 Å². The molecule has 2 rings (SSSR count). The summed E-state index contributed by atoms with van der Waals surface area (Å²) in [6.45, 7) is 4.53. The number of ether oxygens (including phenoxy) is 1. The van der Waals surface area contributed by atoms with Gasteiger partial charge in [-0.2, -0.15) is 0 Å². The Labute approximate surface area is 84.6 Å². The molecular weight excluding hydrogens is 180 g/mol. The molecule has 1 N–H and O–H groups in total. The second-order valence-corrected chi connectivity index (χ2v) is 4.07. The van der Waals surface area contributed by atoms with Gasteiger partial charge in [0, 0.05) is 19.7 Å². The number of rotatable bonds is 2. The molecule has 2 fully saturated rings. The maximum absolute atomic E-state index is 11.4. The average molecular weight is 198 g/mol. The van der Waals surface area contributed by atoms with Crippen LogP contribution in [0.25, 0.3) is 0 Å². The van der Waals surface area contributed by atoms with Gasteiger partial charge in [0.25, 0.3) is 0 Å². The van der Waals surface area contributed by atoms with Gasteiger partial charge in [0.15, 0.2) is 0 Å². The molecule has 2 unspecified atom stereocenters. The van der Waals surface area contributed by atoms with Crippen molar-refractivity contribution in [3.8, 4) is 0 Å². The van der Waals surface area contributed by atoms with Crippen molar-refractivity contribution in [2.24, 2.45) is 0 Å². The van der Waals surface area contributed by atoms with E-state index in [1.54, 1.807) is 0 Å². The van der Waals surface area contributed by atoms with Crippen molar-refractivity contribution < 1.29 is 9.53 Å². The number of carbonyl (C=O) groups is 1. The highest BCUT2D eigenvalue weighted by Crippen LogP contribution is 2.20. The normalized spacial score (nSPS) is 30.2. The van der Waals surface area contributed by atoms with Gasteiger partial charge in [0.1, 0.15) is 0 Å². The minimum absolute atomic E-state index is 0.0617. The lowest BCUT2D eigenvalue weighted by atomic mass is 10.0. The monoisotopic (exact) mass is 198 g/mol. The average Bonchev–Trinajstić information content (AvgIpc) is 2.65. The predicted octanol–water partition coefficient (Wildman–Crippen LogP) is 0.969. The van der Waals surface area contributed by atoms with Gasteiger partial charge in [-0.05, 0) is 26.2 Å². The Kier molecular flexibility index (Phi) is 2.91. The number of nitrogens with zero attached hydrogens (tertiary/aromatic N) is 1. The molecule has 0 saturated carbocycles. The van der Waals surface area contributed by atoms with Crippen molar-refractivity contribution in [1.29, 1.82) is 0 Å². The molecule has 0 aromatic carbocycles. The summed E-state index contributed by atoms with van der Waals surface area (Å²) >= 11 is 0. The van der Waals surface area contributed by atoms with Gasteiger partial charge >= 0.3 is 6.03 Å². The first-order chi connectivity index (χ1) is 6.79. The molecule has 2 aliphatic heterocycles. The highest BCUT2D eigenvalue weighted by atomic mass is 16.5. The van der Waals surface area contributed by atoms with Crippen LogP contribution in [0, 0.1) is 0 Å². The molecule has 2 aliphatic rings. The number of carbonyl (C=O) groups excluding carboxylic acids is 1. The van der Waals surface area contributed by atoms with Crippen LogP contribution in [0.2, 0.25) is 0 Å². The largest absolute Gasteiger partial charge is 0.376 e. The van der Waals surface area contributed by atoms with E-state index in [-0.39, 0.29) is 18.2 Å². The fourth-order valence-corrected chi connectivity index (χ4v) is 2.22. The molecule has 2 atom stereocenters. The second kappa shape index (κ2) is 4.17. The minimum Gasteiger partial charge on any atom is -0.376 e. The summed E-state index contributed by atoms with van der Waals surface area (Å²) in [5.74, 6) is 0. The standard InChI is InChI=1S/C10H18N2O2/c1-8(9-4-2-3-7-14-9)12-6-5-11-10(12)13/h8-9H,2-7H2,1H3,(H,11,13). The van der Waals surface area contributed by atoms with E-state index in [0.717, 1.165) is 32.5 Å². The number of hydrogen-bond donors (Lipinski definition) is 1. The van der Waals surface area contributed by atoms with Crippen molar-refractivity contribution in [3.63, 3.8) is 0 Å². The quantitative estimate of drug-likeness (QED) is 0.718. The highest BCUT2D eigenvalue weighted by molar-refractivity contribution is 5.76. The van der Waals surface area contributed by atoms with Crippen molar-refractivity contribution in [3.05, 3.63) is 0 Å². The van der Waals surface area contributed by atoms with E-state index in [2.05, 4.69) is 12.2 Å². The van der Waals surface area contributed by atoms with E-state index < -0.39 is 0 Å². The highest BCUT2D eigenvalue weighted by Gasteiger charge is 2.31. The van der Waals surface area contributed by atoms with E-state index in [0.29, 0.717) is 0 Å². The zero-order valence-electron chi connectivity index (χ0n) is 8.66. The molecule has 14 heavy (non-hydrogen) atoms. The summed E-state index contributed by atoms with van der Waals surface area (Å²) in [5, 5.41) is 2.82. The molecule has 2 saturated heterocycles. The van der Waals surface area contributed by atoms with Gasteiger partial charge in [-0.3, -0.25) is 0 Å². The smallest absolute Gasteiger partial charge is 0.317 e. The maximum Gasteiger partial charge on any atom is 0.317 e. The third-order valence-electron chi connectivity index (χ3n) is 3.13. The molecule has 4 nitrogen and oxygen atoms in total. The van der Waals surface area contributed by atoms with Crippen LogP contribution in [0.15, 0.2) is 0 Å². The maximum atomic E-state index is 11.4. The van der Waals surface area contributed by atoms with Crippen LogP contribution in [-0.4, -0.2) is 42.8 Å². The first kappa shape index (κ1) is 9.77. The van der Waals surface area contributed by atoms with Crippen molar-refractivity contribution in [1.82, 2.24) is 10.2 Å². The molecule has 80 valence electrons. The Morgan fingerprint density at radius 1 is 1.57 bits per heavy atom. The van der Waals surface area contributed by atoms with Crippen LogP contribution >= 0.6 is 0 Å². The van der Waals surface area contributed by atoms with Gasteiger partial charge < -0.3 is 15.0 Å². The lowest BCUT2D eigenvalue weighted by Crippen LogP contribution is -2.45. The lowest BCUT2D eigenvalue weighted by molar-refractivity contribution is -0.0235. The van der Waals surface area contributed by atoms with E-state index in [1.165, 1.54) is 6.42 Å². The predicted molar refractivity (Wildman–Crippen MR) is 53.2 cm³/mol. The summed E-state index contributed by atoms with van der Waals surface area (Å²) in [7, 11) is 0. The van der Waals surface area contributed by atoms with E-state index in [4.69, 9.17) is 4.74 Å². The lowest BCUT2D eigenvalue weighted by Gasteiger charge is -2.33. The molecule has 0 radical (unpaired) electrons. The molecule has 0 aliphatic carbocycles. The van der Waals surface area contributed by atoms with E-state index >= 15 is 0 Å². The number of urea groups is 1. The Morgan fingerprint density at radius 3 is 3.00 bits per heavy atom. The van der Waals surface area contributed by atoms with Crippen LogP contribution in [0.4, 0.5) is 4.79 Å². The van der Waals surface area contributed by atoms with Crippen LogP contribution in [0.5, 0.6) is 0 Å². The van der Waals surface area contributed by atoms with Crippen LogP contribution < -0.4 is 5.32 Å². The van der Waals surface area contributed by atoms with Crippen LogP contribution in [0.3, 0.4) is 0 Å². The molecule has 0 spiro atoms. The van der Waals surface area contributed by atoms with Gasteiger partial charge in [-0.25, -0.2) is 4.79 Å². The van der Waals surface area contributed by atoms with E-state index in [1.807, 2.05) is 4.90 Å². The number of nitrogens with one attached hydrogen (secondary N) is 1. The molecule has 0 bridgehead atoms. The molecule has 2 heterocycles. The topological polar surface area (TPSA) is 41.6 Å². The Bertz CT molecular complexity index is 214. The fraction of sp³-hybridized carbons (Fsp3) is 0.900. The van der Waals surface area contributed by atoms with Crippen molar-refractivity contribution >= 4 is 6.03 Å². The second-order valence-electron chi connectivity index (χ2n) is 4.07. The van der Waals surface area contributed by atoms with E-state index in [9.17, 15) is 4.79 Å². The van der Waals surface area contributed by atoms with Gasteiger partial charge in [0.05, 0.1) is 12.1 Å². The Morgan fingerprint density at radius 2 is 2.43 bits per heavy atom. The summed E-state index contributed by atoms with van der Waals surface area (Å²) in [6, 6.07) is 0.282. The van der Waals surface area contributed by atoms with Crippen molar-refractivity contribution in [2.75, 3.05) is 19.7 Å². The van der Waals surface area contributed by atoms with Gasteiger partial charge in [-0.1, -0.05) is 0 Å². The summed E-state index contributed by atoms with van der Waals surface area (Å²) in [6.07, 6.45) is 3.72. The minimum atomic E-state index is 0.0617. The molecule has 2 amide bonds. The number of amides is 2. The first-order valence-electron chi connectivity index (χ1n) is 5.45. The fourth-order valence-electron chi connectivity index (χ4n) is 2.22. The zero-order valence-corrected chi connectivity index (χ0v) is 8.66. The molecule has 0 aromatic heterocycles. The molecular formula is C10H18N2O2. The van der Waals surface area contributed by atoms with Crippen LogP contribution in [-0.2, 0) is 4.74 Å². The number of hydrogen-bond acceptors (Lipinski definition) is 2. The van der Waals surface area contributed by atoms with Gasteiger partial charge in [-0.15, -0.1) is 0 Å². The molecule has 0 aromatic rings. The molecule has 4 heteroatoms. The Balaban J connectivity index is 1.92. The zero-order chi connectivity index (χ0) is 9.97. The Hall–Kier alpha value is -0.770. The van der Waals surface area contributed by atoms with Gasteiger partial charge in [0.2, 0.25) is 0 Å². The summed E-state index contributed by atoms with van der Waals surface area (Å²) in [4.78, 5) is 13.3. The van der Waals surface area contributed by atoms with Crippen molar-refractivity contribution in [2.45, 2.75) is 38.3 Å². The summed E-state index contributed by atoms with van der Waals surface area (Å²) < 4.78 is 5.68. The summed E-state index contributed by atoms with van der Waals surface area (Å²) in [5.41, 5.74) is 0.